The Balaban J connectivity index is 2.19. The first-order valence-electron chi connectivity index (χ1n) is 9.09. The lowest BCUT2D eigenvalue weighted by Gasteiger charge is -2.42. The minimum absolute atomic E-state index is 0.388. The van der Waals surface area contributed by atoms with Crippen molar-refractivity contribution >= 4 is 19.1 Å². The second-order valence-electron chi connectivity index (χ2n) is 7.75. The quantitative estimate of drug-likeness (QED) is 0.618. The molecule has 0 amide bonds. The molecule has 3 heteroatoms. The third-order valence-corrected chi connectivity index (χ3v) is 11.4. The van der Waals surface area contributed by atoms with Gasteiger partial charge in [0, 0.05) is 0 Å². The van der Waals surface area contributed by atoms with E-state index < -0.39 is 14.4 Å². The number of hydrogen-bond acceptors (Lipinski definition) is 2. The van der Waals surface area contributed by atoms with Crippen LogP contribution in [0, 0.1) is 0 Å². The van der Waals surface area contributed by atoms with Crippen LogP contribution in [0.25, 0.3) is 10.8 Å². The Hall–Kier alpha value is -1.16. The van der Waals surface area contributed by atoms with Crippen LogP contribution in [-0.2, 0) is 4.43 Å². The zero-order valence-electron chi connectivity index (χ0n) is 15.9. The molecule has 0 saturated carbocycles. The van der Waals surface area contributed by atoms with Gasteiger partial charge in [0.2, 0.25) is 0 Å². The lowest BCUT2D eigenvalue weighted by atomic mass is 10.0. The van der Waals surface area contributed by atoms with Gasteiger partial charge in [0.05, 0.1) is 6.61 Å². The Kier molecular flexibility index (Phi) is 6.24. The van der Waals surface area contributed by atoms with Crippen LogP contribution < -0.4 is 0 Å². The summed E-state index contributed by atoms with van der Waals surface area (Å²) in [7, 11) is -1.94. The number of aliphatic hydroxyl groups is 1. The molecule has 0 fully saturated rings. The largest absolute Gasteiger partial charge is 0.413 e. The van der Waals surface area contributed by atoms with Gasteiger partial charge in [-0.15, -0.1) is 0 Å². The average Bonchev–Trinajstić information content (AvgIpc) is 2.53. The first-order valence-corrected chi connectivity index (χ1v) is 11.2. The van der Waals surface area contributed by atoms with E-state index in [1.807, 2.05) is 18.2 Å². The van der Waals surface area contributed by atoms with E-state index in [9.17, 15) is 5.11 Å². The van der Waals surface area contributed by atoms with Gasteiger partial charge in [0.1, 0.15) is 6.10 Å². The first-order chi connectivity index (χ1) is 11.3. The van der Waals surface area contributed by atoms with Crippen molar-refractivity contribution in [2.45, 2.75) is 64.3 Å². The second-order valence-corrected chi connectivity index (χ2v) is 13.2. The van der Waals surface area contributed by atoms with Crippen molar-refractivity contribution in [3.63, 3.8) is 0 Å². The smallest absolute Gasteiger partial charge is 0.200 e. The lowest BCUT2D eigenvalue weighted by Crippen LogP contribution is -2.48. The molecule has 0 spiro atoms. The third-order valence-electron chi connectivity index (χ3n) is 5.36. The van der Waals surface area contributed by atoms with Gasteiger partial charge < -0.3 is 9.53 Å². The van der Waals surface area contributed by atoms with Crippen LogP contribution in [0.5, 0.6) is 0 Å². The molecule has 1 unspecified atom stereocenters. The highest BCUT2D eigenvalue weighted by atomic mass is 28.4. The summed E-state index contributed by atoms with van der Waals surface area (Å²) in [4.78, 5) is 0. The Morgan fingerprint density at radius 1 is 0.833 bits per heavy atom. The predicted octanol–water partition coefficient (Wildman–Crippen LogP) is 6.07. The number of aliphatic hydroxyl groups excluding tert-OH is 1. The minimum Gasteiger partial charge on any atom is -0.413 e. The van der Waals surface area contributed by atoms with Crippen molar-refractivity contribution in [1.29, 1.82) is 0 Å². The Morgan fingerprint density at radius 3 is 1.92 bits per heavy atom. The summed E-state index contributed by atoms with van der Waals surface area (Å²) < 4.78 is 6.53. The molecule has 0 aliphatic rings. The molecular formula is C21H32O2Si. The molecule has 0 radical (unpaired) electrons. The SMILES string of the molecule is CC(C)[Si](OCC(O)c1ccc2ccccc2c1)(C(C)C)C(C)C. The van der Waals surface area contributed by atoms with Crippen LogP contribution in [0.3, 0.4) is 0 Å². The van der Waals surface area contributed by atoms with E-state index in [0.29, 0.717) is 23.2 Å². The van der Waals surface area contributed by atoms with Gasteiger partial charge in [-0.05, 0) is 39.0 Å². The number of rotatable bonds is 7. The molecule has 0 aliphatic carbocycles. The van der Waals surface area contributed by atoms with Crippen LogP contribution in [-0.4, -0.2) is 20.0 Å². The van der Waals surface area contributed by atoms with E-state index >= 15 is 0 Å². The summed E-state index contributed by atoms with van der Waals surface area (Å²) in [5.74, 6) is 0. The fourth-order valence-electron chi connectivity index (χ4n) is 4.23. The summed E-state index contributed by atoms with van der Waals surface area (Å²) in [5, 5.41) is 13.0. The normalized spacial score (nSPS) is 14.1. The van der Waals surface area contributed by atoms with Crippen molar-refractivity contribution in [2.75, 3.05) is 6.61 Å². The highest BCUT2D eigenvalue weighted by molar-refractivity contribution is 6.77. The van der Waals surface area contributed by atoms with E-state index in [2.05, 4.69) is 65.8 Å². The van der Waals surface area contributed by atoms with Crippen molar-refractivity contribution in [3.05, 3.63) is 48.0 Å². The highest BCUT2D eigenvalue weighted by Crippen LogP contribution is 2.42. The van der Waals surface area contributed by atoms with Gasteiger partial charge >= 0.3 is 0 Å². The molecule has 2 nitrogen and oxygen atoms in total. The summed E-state index contributed by atoms with van der Waals surface area (Å²) >= 11 is 0. The molecular weight excluding hydrogens is 312 g/mol. The second kappa shape index (κ2) is 7.81. The first kappa shape index (κ1) is 19.2. The molecule has 0 bridgehead atoms. The lowest BCUT2D eigenvalue weighted by molar-refractivity contribution is 0.0979. The zero-order chi connectivity index (χ0) is 17.9. The Morgan fingerprint density at radius 2 is 1.38 bits per heavy atom. The van der Waals surface area contributed by atoms with Crippen molar-refractivity contribution in [3.8, 4) is 0 Å². The maximum Gasteiger partial charge on any atom is 0.200 e. The fraction of sp³-hybridized carbons (Fsp3) is 0.524. The molecule has 132 valence electrons. The number of hydrogen-bond donors (Lipinski definition) is 1. The van der Waals surface area contributed by atoms with Crippen molar-refractivity contribution in [2.24, 2.45) is 0 Å². The Bertz CT molecular complexity index is 642. The maximum absolute atomic E-state index is 10.7. The fourth-order valence-corrected chi connectivity index (χ4v) is 9.68. The van der Waals surface area contributed by atoms with Crippen LogP contribution >= 0.6 is 0 Å². The summed E-state index contributed by atoms with van der Waals surface area (Å²) in [5.41, 5.74) is 2.52. The molecule has 1 N–H and O–H groups in total. The van der Waals surface area contributed by atoms with Crippen LogP contribution in [0.2, 0.25) is 16.6 Å². The standard InChI is InChI=1S/C21H32O2Si/c1-15(2)24(16(3)4,17(5)6)23-14-21(22)20-12-11-18-9-7-8-10-19(18)13-20/h7-13,15-17,21-22H,14H2,1-6H3. The molecule has 1 atom stereocenters. The van der Waals surface area contributed by atoms with Crippen molar-refractivity contribution in [1.82, 2.24) is 0 Å². The van der Waals surface area contributed by atoms with Gasteiger partial charge in [-0.25, -0.2) is 0 Å². The van der Waals surface area contributed by atoms with Gasteiger partial charge in [0.15, 0.2) is 8.32 Å². The third kappa shape index (κ3) is 3.74. The van der Waals surface area contributed by atoms with Gasteiger partial charge in [-0.3, -0.25) is 0 Å². The molecule has 2 aromatic rings. The van der Waals surface area contributed by atoms with E-state index in [1.165, 1.54) is 5.39 Å². The predicted molar refractivity (Wildman–Crippen MR) is 106 cm³/mol. The highest BCUT2D eigenvalue weighted by Gasteiger charge is 2.45. The van der Waals surface area contributed by atoms with Crippen molar-refractivity contribution < 1.29 is 9.53 Å². The monoisotopic (exact) mass is 344 g/mol. The topological polar surface area (TPSA) is 29.5 Å². The average molecular weight is 345 g/mol. The van der Waals surface area contributed by atoms with Crippen LogP contribution in [0.15, 0.2) is 42.5 Å². The number of fused-ring (bicyclic) bond motifs is 1. The van der Waals surface area contributed by atoms with Crippen LogP contribution in [0.1, 0.15) is 53.2 Å². The maximum atomic E-state index is 10.7. The van der Waals surface area contributed by atoms with Crippen LogP contribution in [0.4, 0.5) is 0 Å². The zero-order valence-corrected chi connectivity index (χ0v) is 16.9. The summed E-state index contributed by atoms with van der Waals surface area (Å²) in [6.45, 7) is 14.0. The molecule has 0 saturated heterocycles. The van der Waals surface area contributed by atoms with E-state index in [-0.39, 0.29) is 0 Å². The van der Waals surface area contributed by atoms with E-state index in [0.717, 1.165) is 10.9 Å². The summed E-state index contributed by atoms with van der Waals surface area (Å²) in [6, 6.07) is 14.4. The Labute approximate surface area is 148 Å². The minimum atomic E-state index is -1.94. The van der Waals surface area contributed by atoms with E-state index in [1.54, 1.807) is 0 Å². The molecule has 0 aromatic heterocycles. The van der Waals surface area contributed by atoms with Gasteiger partial charge in [0.25, 0.3) is 0 Å². The molecule has 0 aliphatic heterocycles. The summed E-state index contributed by atoms with van der Waals surface area (Å²) in [6.07, 6.45) is -0.572. The van der Waals surface area contributed by atoms with E-state index in [4.69, 9.17) is 4.43 Å². The molecule has 2 rings (SSSR count). The van der Waals surface area contributed by atoms with Gasteiger partial charge in [-0.1, -0.05) is 77.9 Å². The molecule has 24 heavy (non-hydrogen) atoms. The van der Waals surface area contributed by atoms with Gasteiger partial charge in [-0.2, -0.15) is 0 Å². The molecule has 0 heterocycles. The molecule has 2 aromatic carbocycles. The number of benzene rings is 2.